The van der Waals surface area contributed by atoms with E-state index in [9.17, 15) is 0 Å². The standard InChI is InChI=1S/C72H53N/c1-3-71(4-2)66-44-48(38-40-49-24-21-37-65-70(49)63-35-19-20-36-64(63)72(65,52-25-7-5-8-26-52)53-27-9-6-10-28-53)39-42-59(66)60-43-41-54(47-67(60)71)73(68-45-50-22-11-13-29-55(50)57-31-15-17-33-61(57)68)69-46-51-23-12-14-30-56(51)58-32-16-18-34-62(58)69/h5-47H,3-4H2,1-2H3/b40-38+. The number of nitrogens with zero attached hydrogens (tertiary/aromatic N) is 1. The van der Waals surface area contributed by atoms with E-state index in [1.807, 2.05) is 0 Å². The van der Waals surface area contributed by atoms with Crippen LogP contribution in [0.15, 0.2) is 249 Å². The van der Waals surface area contributed by atoms with Crippen molar-refractivity contribution in [3.05, 3.63) is 293 Å². The summed E-state index contributed by atoms with van der Waals surface area (Å²) in [6.45, 7) is 4.78. The fourth-order valence-corrected chi connectivity index (χ4v) is 13.4. The fourth-order valence-electron chi connectivity index (χ4n) is 13.4. The lowest BCUT2D eigenvalue weighted by molar-refractivity contribution is 0.490. The third-order valence-electron chi connectivity index (χ3n) is 16.8. The quantitative estimate of drug-likeness (QED) is 0.103. The molecule has 1 nitrogen and oxygen atoms in total. The van der Waals surface area contributed by atoms with Crippen LogP contribution < -0.4 is 4.90 Å². The summed E-state index contributed by atoms with van der Waals surface area (Å²) in [4.78, 5) is 2.57. The summed E-state index contributed by atoms with van der Waals surface area (Å²) in [5.74, 6) is 0. The Kier molecular flexibility index (Phi) is 9.99. The largest absolute Gasteiger partial charge is 0.309 e. The molecule has 12 aromatic rings. The SMILES string of the molecule is CCC1(CC)c2cc(/C=C/c3cccc4c3-c3ccccc3C4(c3ccccc3)c3ccccc3)ccc2-c2ccc(N(c3cc4ccccc4c4ccccc34)c3cc4ccccc4c4ccccc34)cc21. The Hall–Kier alpha value is -8.78. The first-order chi connectivity index (χ1) is 36.1. The van der Waals surface area contributed by atoms with Gasteiger partial charge in [-0.15, -0.1) is 0 Å². The van der Waals surface area contributed by atoms with Crippen molar-refractivity contribution in [2.75, 3.05) is 4.90 Å². The second kappa shape index (κ2) is 16.9. The first-order valence-electron chi connectivity index (χ1n) is 26.0. The van der Waals surface area contributed by atoms with Crippen LogP contribution in [0.1, 0.15) is 71.2 Å². The van der Waals surface area contributed by atoms with Gasteiger partial charge in [-0.2, -0.15) is 0 Å². The molecule has 0 aromatic heterocycles. The minimum absolute atomic E-state index is 0.176. The Morgan fingerprint density at radius 3 is 1.45 bits per heavy atom. The molecule has 0 unspecified atom stereocenters. The molecule has 0 fully saturated rings. The van der Waals surface area contributed by atoms with Crippen molar-refractivity contribution in [1.82, 2.24) is 0 Å². The van der Waals surface area contributed by atoms with Gasteiger partial charge in [-0.25, -0.2) is 0 Å². The highest BCUT2D eigenvalue weighted by molar-refractivity contribution is 6.19. The lowest BCUT2D eigenvalue weighted by atomic mass is 9.67. The Balaban J connectivity index is 0.920. The molecule has 12 aromatic carbocycles. The number of benzene rings is 12. The van der Waals surface area contributed by atoms with Gasteiger partial charge in [0, 0.05) is 21.9 Å². The average Bonchev–Trinajstić information content (AvgIpc) is 3.93. The summed E-state index contributed by atoms with van der Waals surface area (Å²) in [5.41, 5.74) is 18.7. The van der Waals surface area contributed by atoms with Crippen molar-refractivity contribution in [2.24, 2.45) is 0 Å². The van der Waals surface area contributed by atoms with Gasteiger partial charge in [0.15, 0.2) is 0 Å². The van der Waals surface area contributed by atoms with E-state index in [4.69, 9.17) is 0 Å². The summed E-state index contributed by atoms with van der Waals surface area (Å²) in [6.07, 6.45) is 6.69. The summed E-state index contributed by atoms with van der Waals surface area (Å²) in [7, 11) is 0. The zero-order chi connectivity index (χ0) is 48.7. The van der Waals surface area contributed by atoms with Gasteiger partial charge >= 0.3 is 0 Å². The number of anilines is 3. The van der Waals surface area contributed by atoms with Crippen molar-refractivity contribution in [3.63, 3.8) is 0 Å². The maximum absolute atomic E-state index is 2.57. The molecule has 14 rings (SSSR count). The molecule has 0 radical (unpaired) electrons. The van der Waals surface area contributed by atoms with Crippen molar-refractivity contribution in [2.45, 2.75) is 37.5 Å². The number of hydrogen-bond acceptors (Lipinski definition) is 1. The average molecular weight is 932 g/mol. The Morgan fingerprint density at radius 2 is 0.849 bits per heavy atom. The van der Waals surface area contributed by atoms with E-state index in [0.717, 1.165) is 12.8 Å². The van der Waals surface area contributed by atoms with Crippen molar-refractivity contribution >= 4 is 72.3 Å². The van der Waals surface area contributed by atoms with Crippen molar-refractivity contribution < 1.29 is 0 Å². The maximum Gasteiger partial charge on any atom is 0.0713 e. The third kappa shape index (κ3) is 6.35. The second-order valence-electron chi connectivity index (χ2n) is 20.1. The smallest absolute Gasteiger partial charge is 0.0713 e. The minimum Gasteiger partial charge on any atom is -0.309 e. The molecule has 0 saturated carbocycles. The molecule has 2 aliphatic rings. The zero-order valence-electron chi connectivity index (χ0n) is 41.2. The lowest BCUT2D eigenvalue weighted by Crippen LogP contribution is -2.28. The number of fused-ring (bicyclic) bond motifs is 12. The van der Waals surface area contributed by atoms with Crippen molar-refractivity contribution in [3.8, 4) is 22.3 Å². The monoisotopic (exact) mass is 931 g/mol. The van der Waals surface area contributed by atoms with Crippen LogP contribution in [-0.4, -0.2) is 0 Å². The molecule has 0 amide bonds. The molecule has 0 atom stereocenters. The first-order valence-corrected chi connectivity index (χ1v) is 26.0. The summed E-state index contributed by atoms with van der Waals surface area (Å²) in [5, 5.41) is 9.97. The second-order valence-corrected chi connectivity index (χ2v) is 20.1. The van der Waals surface area contributed by atoms with Crippen molar-refractivity contribution in [1.29, 1.82) is 0 Å². The molecule has 0 heterocycles. The van der Waals surface area contributed by atoms with Gasteiger partial charge < -0.3 is 4.90 Å². The molecule has 0 spiro atoms. The van der Waals surface area contributed by atoms with Gasteiger partial charge in [-0.05, 0) is 136 Å². The van der Waals surface area contributed by atoms with E-state index in [1.165, 1.54) is 127 Å². The Morgan fingerprint density at radius 1 is 0.356 bits per heavy atom. The van der Waals surface area contributed by atoms with Gasteiger partial charge in [0.25, 0.3) is 0 Å². The fraction of sp³-hybridized carbons (Fsp3) is 0.0833. The highest BCUT2D eigenvalue weighted by Crippen LogP contribution is 2.58. The molecule has 0 N–H and O–H groups in total. The van der Waals surface area contributed by atoms with Crippen LogP contribution in [0.2, 0.25) is 0 Å². The highest BCUT2D eigenvalue weighted by Gasteiger charge is 2.46. The van der Waals surface area contributed by atoms with E-state index in [2.05, 4.69) is 280 Å². The molecular weight excluding hydrogens is 879 g/mol. The Labute approximate surface area is 428 Å². The van der Waals surface area contributed by atoms with E-state index < -0.39 is 5.41 Å². The van der Waals surface area contributed by atoms with E-state index in [1.54, 1.807) is 0 Å². The van der Waals surface area contributed by atoms with Crippen LogP contribution >= 0.6 is 0 Å². The van der Waals surface area contributed by atoms with Gasteiger partial charge in [-0.3, -0.25) is 0 Å². The molecule has 73 heavy (non-hydrogen) atoms. The lowest BCUT2D eigenvalue weighted by Gasteiger charge is -2.33. The molecule has 0 aliphatic heterocycles. The van der Waals surface area contributed by atoms with Crippen LogP contribution in [0.3, 0.4) is 0 Å². The summed E-state index contributed by atoms with van der Waals surface area (Å²) in [6, 6.07) is 93.2. The topological polar surface area (TPSA) is 3.24 Å². The van der Waals surface area contributed by atoms with Crippen LogP contribution in [-0.2, 0) is 10.8 Å². The van der Waals surface area contributed by atoms with Gasteiger partial charge in [0.05, 0.1) is 16.8 Å². The summed E-state index contributed by atoms with van der Waals surface area (Å²) >= 11 is 0. The van der Waals surface area contributed by atoms with E-state index in [0.29, 0.717) is 0 Å². The first kappa shape index (κ1) is 43.0. The highest BCUT2D eigenvalue weighted by atomic mass is 15.1. The summed E-state index contributed by atoms with van der Waals surface area (Å²) < 4.78 is 0. The molecule has 346 valence electrons. The number of hydrogen-bond donors (Lipinski definition) is 0. The minimum atomic E-state index is -0.434. The van der Waals surface area contributed by atoms with Gasteiger partial charge in [-0.1, -0.05) is 250 Å². The van der Waals surface area contributed by atoms with E-state index >= 15 is 0 Å². The maximum atomic E-state index is 2.57. The van der Waals surface area contributed by atoms with Crippen LogP contribution in [0.4, 0.5) is 17.1 Å². The van der Waals surface area contributed by atoms with Crippen LogP contribution in [0, 0.1) is 0 Å². The predicted molar refractivity (Wildman–Crippen MR) is 311 cm³/mol. The van der Waals surface area contributed by atoms with Gasteiger partial charge in [0.2, 0.25) is 0 Å². The predicted octanol–water partition coefficient (Wildman–Crippen LogP) is 19.4. The normalized spacial score (nSPS) is 13.9. The molecular formula is C72H53N. The molecule has 0 saturated heterocycles. The molecule has 0 bridgehead atoms. The van der Waals surface area contributed by atoms with Crippen LogP contribution in [0.25, 0.3) is 77.5 Å². The Bertz CT molecular complexity index is 4020. The van der Waals surface area contributed by atoms with E-state index in [-0.39, 0.29) is 5.41 Å². The molecule has 2 aliphatic carbocycles. The third-order valence-corrected chi connectivity index (χ3v) is 16.8. The number of rotatable bonds is 9. The molecule has 1 heteroatoms. The van der Waals surface area contributed by atoms with Gasteiger partial charge in [0.1, 0.15) is 0 Å². The van der Waals surface area contributed by atoms with Crippen LogP contribution in [0.5, 0.6) is 0 Å². The zero-order valence-corrected chi connectivity index (χ0v) is 41.2.